The number of phosphoric ester groups is 2. The number of unbranched alkanes of at least 4 members (excludes halogenated alkanes) is 42. The van der Waals surface area contributed by atoms with Crippen LogP contribution in [0.3, 0.4) is 0 Å². The zero-order chi connectivity index (χ0) is 89.3. The predicted octanol–water partition coefficient (Wildman–Crippen LogP) is 17.3. The average Bonchev–Trinajstić information content (AvgIpc) is 0.776. The summed E-state index contributed by atoms with van der Waals surface area (Å²) < 4.78 is 85.8. The number of carbonyl (C=O) groups excluding carboxylic acids is 7. The number of esters is 4. The highest BCUT2D eigenvalue weighted by Gasteiger charge is 2.55. The smallest absolute Gasteiger partial charge is 0.470 e. The van der Waals surface area contributed by atoms with E-state index in [2.05, 4.69) is 57.5 Å². The lowest BCUT2D eigenvalue weighted by molar-refractivity contribution is -0.302. The summed E-state index contributed by atoms with van der Waals surface area (Å²) in [5.74, 6) is -7.12. The predicted molar refractivity (Wildman–Crippen MR) is 462 cm³/mol. The molecule has 14 atom stereocenters. The Balaban J connectivity index is 3.02. The summed E-state index contributed by atoms with van der Waals surface area (Å²) in [6.45, 7) is 10.6. The van der Waals surface area contributed by atoms with E-state index in [4.69, 9.17) is 46.9 Å². The van der Waals surface area contributed by atoms with Gasteiger partial charge in [0.1, 0.15) is 60.9 Å². The largest absolute Gasteiger partial charge is 0.480 e. The molecule has 2 saturated heterocycles. The molecular formula is C89H165N3O27P2. The maximum absolute atomic E-state index is 15.3. The first-order valence-electron chi connectivity index (χ1n) is 47.3. The van der Waals surface area contributed by atoms with Gasteiger partial charge in [0.25, 0.3) is 0 Å². The molecule has 2 heterocycles. The fraction of sp³-hybridized carbons (Fsp3) is 0.910. The van der Waals surface area contributed by atoms with E-state index in [0.29, 0.717) is 44.9 Å². The zero-order valence-corrected chi connectivity index (χ0v) is 77.0. The van der Waals surface area contributed by atoms with Gasteiger partial charge in [-0.25, -0.2) is 13.9 Å². The molecule has 0 radical (unpaired) electrons. The number of nitrogens with one attached hydrogen (secondary N) is 3. The van der Waals surface area contributed by atoms with Gasteiger partial charge in [-0.05, 0) is 57.8 Å². The zero-order valence-electron chi connectivity index (χ0n) is 75.2. The molecule has 10 unspecified atom stereocenters. The number of hydrogen-bond donors (Lipinski definition) is 10. The molecule has 2 aliphatic rings. The van der Waals surface area contributed by atoms with E-state index in [1.807, 2.05) is 0 Å². The average molecular weight is 1770 g/mol. The van der Waals surface area contributed by atoms with Gasteiger partial charge in [-0.2, -0.15) is 0 Å². The molecule has 0 aromatic rings. The first-order chi connectivity index (χ1) is 58.1. The van der Waals surface area contributed by atoms with Gasteiger partial charge in [-0.1, -0.05) is 311 Å². The lowest BCUT2D eigenvalue weighted by atomic mass is 9.95. The summed E-state index contributed by atoms with van der Waals surface area (Å²) >= 11 is 0. The molecule has 2 rings (SSSR count). The standard InChI is InChI=1S/C89H165N3O27P2/c1-8-14-20-26-32-35-41-44-50-56-69(112-77(97)59-53-47-38-29-23-17-11-4)62-75(95)91-72(87(102)103)66-110-89-82(92-76(96)63-70(57-51-45-42-36-33-27-21-15-9-2)113-78(98)60-54-48-39-30-24-18-12-5)86(117-80(100)64-71(58-52-46-43-37-34-28-22-16-10-3)114-79(99)61-55-49-40-31-25-19-13-6)85(119-121(107,108)109)74(116-89)67-111-88-81(90-68(7)94)83(101)84(73(65-93)115-88)118-120(104,105)106/h69-74,81-86,88-89,93,101H,8-67H2,1-7H3,(H,90,94)(H,91,95)(H,92,96)(H,102,103)(H2,104,105,106)(H2,107,108,109)/t69-,70-,71-,72+,73?,74?,81?,82?,83?,84?,85?,86?,88?,89?/m1/s1. The molecule has 708 valence electrons. The number of aliphatic hydroxyl groups is 2. The van der Waals surface area contributed by atoms with Crippen molar-refractivity contribution < 1.29 is 129 Å². The minimum Gasteiger partial charge on any atom is -0.480 e. The van der Waals surface area contributed by atoms with Crippen molar-refractivity contribution in [1.29, 1.82) is 0 Å². The Hall–Kier alpha value is -4.26. The molecule has 10 N–H and O–H groups in total. The van der Waals surface area contributed by atoms with Gasteiger partial charge in [0.15, 0.2) is 24.7 Å². The summed E-state index contributed by atoms with van der Waals surface area (Å²) in [7, 11) is -11.4. The number of rotatable bonds is 79. The molecule has 3 amide bonds. The fourth-order valence-electron chi connectivity index (χ4n) is 15.6. The number of amides is 3. The number of ether oxygens (including phenoxy) is 8. The second kappa shape index (κ2) is 70.8. The Morgan fingerprint density at radius 1 is 0.380 bits per heavy atom. The van der Waals surface area contributed by atoms with Gasteiger partial charge < -0.3 is 88.7 Å². The second-order valence-corrected chi connectivity index (χ2v) is 36.1. The minimum atomic E-state index is -5.89. The molecule has 0 spiro atoms. The van der Waals surface area contributed by atoms with Crippen molar-refractivity contribution in [2.24, 2.45) is 0 Å². The van der Waals surface area contributed by atoms with Crippen molar-refractivity contribution in [2.45, 2.75) is 500 Å². The van der Waals surface area contributed by atoms with Crippen molar-refractivity contribution in [3.05, 3.63) is 0 Å². The Kier molecular flexibility index (Phi) is 66.0. The Labute approximate surface area is 725 Å². The monoisotopic (exact) mass is 1770 g/mol. The second-order valence-electron chi connectivity index (χ2n) is 33.7. The maximum Gasteiger partial charge on any atom is 0.470 e. The van der Waals surface area contributed by atoms with Crippen LogP contribution in [0.4, 0.5) is 0 Å². The van der Waals surface area contributed by atoms with Crippen LogP contribution in [0.1, 0.15) is 414 Å². The molecule has 2 fully saturated rings. The summed E-state index contributed by atoms with van der Waals surface area (Å²) in [4.78, 5) is 154. The number of hydrogen-bond acceptors (Lipinski definition) is 22. The minimum absolute atomic E-state index is 0.0318. The lowest BCUT2D eigenvalue weighted by Crippen LogP contribution is -2.68. The Morgan fingerprint density at radius 3 is 1.05 bits per heavy atom. The van der Waals surface area contributed by atoms with E-state index in [9.17, 15) is 72.8 Å². The van der Waals surface area contributed by atoms with Crippen LogP contribution in [0.15, 0.2) is 0 Å². The number of aliphatic carboxylic acids is 1. The van der Waals surface area contributed by atoms with E-state index in [1.54, 1.807) is 0 Å². The van der Waals surface area contributed by atoms with Gasteiger partial charge >= 0.3 is 45.5 Å². The highest BCUT2D eigenvalue weighted by molar-refractivity contribution is 7.46. The Morgan fingerprint density at radius 2 is 0.702 bits per heavy atom. The third-order valence-electron chi connectivity index (χ3n) is 22.4. The number of carboxylic acid groups (broad SMARTS) is 1. The van der Waals surface area contributed by atoms with Crippen molar-refractivity contribution in [1.82, 2.24) is 16.0 Å². The molecule has 0 aromatic heterocycles. The molecule has 2 aliphatic heterocycles. The van der Waals surface area contributed by atoms with Crippen molar-refractivity contribution in [3.8, 4) is 0 Å². The van der Waals surface area contributed by atoms with Crippen molar-refractivity contribution in [2.75, 3.05) is 19.8 Å². The van der Waals surface area contributed by atoms with Crippen molar-refractivity contribution in [3.63, 3.8) is 0 Å². The SMILES string of the molecule is CCCCCCCCCCC[C@H](CC(=O)NC1C(OC[C@H](NC(=O)C[C@@H](CCCCCCCCCCC)OC(=O)CCCCCCCCC)C(=O)O)OC(COC2OC(CO)C(OP(=O)(O)O)C(O)C2NC(C)=O)C(OP(=O)(O)O)C1OC(=O)C[C@@H](CCCCCCCCCCC)OC(=O)CCCCCCCCC)OC(=O)CCCCCCCCC. The van der Waals surface area contributed by atoms with E-state index in [0.717, 1.165) is 270 Å². The molecule has 30 nitrogen and oxygen atoms in total. The fourth-order valence-corrected chi connectivity index (χ4v) is 16.7. The van der Waals surface area contributed by atoms with Gasteiger partial charge in [-0.15, -0.1) is 0 Å². The number of carboxylic acids is 1. The highest BCUT2D eigenvalue weighted by Crippen LogP contribution is 2.44. The first kappa shape index (κ1) is 113. The van der Waals surface area contributed by atoms with Gasteiger partial charge in [-0.3, -0.25) is 42.6 Å². The number of phosphoric acid groups is 2. The third-order valence-corrected chi connectivity index (χ3v) is 23.5. The lowest BCUT2D eigenvalue weighted by Gasteiger charge is -2.47. The van der Waals surface area contributed by atoms with Gasteiger partial charge in [0.05, 0.1) is 39.1 Å². The van der Waals surface area contributed by atoms with Crippen molar-refractivity contribution >= 4 is 63.2 Å². The maximum atomic E-state index is 15.3. The Bertz CT molecular complexity index is 2820. The topological polar surface area (TPSA) is 441 Å². The quantitative estimate of drug-likeness (QED) is 0.0117. The molecule has 32 heteroatoms. The normalized spacial score (nSPS) is 20.4. The van der Waals surface area contributed by atoms with E-state index in [-0.39, 0.29) is 38.5 Å². The van der Waals surface area contributed by atoms with Crippen LogP contribution in [0, 0.1) is 0 Å². The summed E-state index contributed by atoms with van der Waals surface area (Å²) in [5, 5.41) is 40.8. The van der Waals surface area contributed by atoms with E-state index >= 15 is 9.59 Å². The van der Waals surface area contributed by atoms with Crippen LogP contribution in [-0.2, 0) is 94.4 Å². The molecular weight excluding hydrogens is 1600 g/mol. The van der Waals surface area contributed by atoms with Gasteiger partial charge in [0, 0.05) is 26.2 Å². The molecule has 0 aliphatic carbocycles. The van der Waals surface area contributed by atoms with E-state index < -0.39 is 188 Å². The van der Waals surface area contributed by atoms with Crippen LogP contribution in [0.5, 0.6) is 0 Å². The van der Waals surface area contributed by atoms with Gasteiger partial charge in [0.2, 0.25) is 17.7 Å². The number of carbonyl (C=O) groups is 8. The number of aliphatic hydroxyl groups excluding tert-OH is 2. The molecule has 121 heavy (non-hydrogen) atoms. The van der Waals surface area contributed by atoms with Crippen LogP contribution in [-0.4, -0.2) is 188 Å². The summed E-state index contributed by atoms with van der Waals surface area (Å²) in [6, 6.07) is -5.81. The molecule has 0 bridgehead atoms. The summed E-state index contributed by atoms with van der Waals surface area (Å²) in [6.07, 6.45) is 24.8. The molecule has 0 saturated carbocycles. The van der Waals surface area contributed by atoms with Crippen LogP contribution >= 0.6 is 15.6 Å². The summed E-state index contributed by atoms with van der Waals surface area (Å²) in [5.41, 5.74) is 0. The van der Waals surface area contributed by atoms with Crippen LogP contribution in [0.25, 0.3) is 0 Å². The third kappa shape index (κ3) is 57.2. The first-order valence-corrected chi connectivity index (χ1v) is 50.4. The molecule has 0 aromatic carbocycles. The highest BCUT2D eigenvalue weighted by atomic mass is 31.2. The van der Waals surface area contributed by atoms with E-state index in [1.165, 1.54) is 0 Å². The van der Waals surface area contributed by atoms with Crippen LogP contribution in [0.2, 0.25) is 0 Å². The van der Waals surface area contributed by atoms with Crippen LogP contribution < -0.4 is 16.0 Å².